The Hall–Kier alpha value is -1.58. The van der Waals surface area contributed by atoms with E-state index in [0.717, 1.165) is 13.0 Å². The van der Waals surface area contributed by atoms with Crippen molar-refractivity contribution in [2.24, 2.45) is 18.9 Å². The van der Waals surface area contributed by atoms with E-state index >= 15 is 0 Å². The van der Waals surface area contributed by atoms with Crippen LogP contribution in [0.5, 0.6) is 0 Å². The number of hydrogen-bond acceptors (Lipinski definition) is 2. The zero-order chi connectivity index (χ0) is 15.7. The minimum atomic E-state index is 0.315. The number of benzene rings is 1. The molecule has 2 unspecified atom stereocenters. The van der Waals surface area contributed by atoms with Crippen LogP contribution in [0.25, 0.3) is 10.9 Å². The molecule has 4 aliphatic rings. The molecule has 6 rings (SSSR count). The Kier molecular flexibility index (Phi) is 2.83. The van der Waals surface area contributed by atoms with Crippen molar-refractivity contribution >= 4 is 10.9 Å². The van der Waals surface area contributed by atoms with E-state index in [1.165, 1.54) is 28.6 Å². The van der Waals surface area contributed by atoms with Gasteiger partial charge in [-0.3, -0.25) is 4.90 Å². The second-order valence-corrected chi connectivity index (χ2v) is 7.45. The number of aryl methyl sites for hydroxylation is 1. The molecule has 1 aromatic heterocycles. The summed E-state index contributed by atoms with van der Waals surface area (Å²) in [5.74, 6) is 0.967. The van der Waals surface area contributed by atoms with E-state index in [0.29, 0.717) is 30.5 Å². The molecular weight excluding hydrogens is 284 g/mol. The van der Waals surface area contributed by atoms with Crippen LogP contribution in [-0.2, 0) is 13.5 Å². The van der Waals surface area contributed by atoms with Gasteiger partial charge in [-0.1, -0.05) is 29.8 Å². The van der Waals surface area contributed by atoms with E-state index in [1.54, 1.807) is 5.57 Å². The SMILES string of the molecule is C/C=C1/CN2[C@H]3CC1[C@@H](CO)[C@@H]2Cc1c3n(C)c2ccccc12. The summed E-state index contributed by atoms with van der Waals surface area (Å²) in [6.45, 7) is 3.56. The molecule has 0 radical (unpaired) electrons. The van der Waals surface area contributed by atoms with Crippen LogP contribution >= 0.6 is 0 Å². The van der Waals surface area contributed by atoms with Crippen molar-refractivity contribution in [1.29, 1.82) is 0 Å². The molecule has 23 heavy (non-hydrogen) atoms. The van der Waals surface area contributed by atoms with Crippen LogP contribution in [0.15, 0.2) is 35.9 Å². The fourth-order valence-corrected chi connectivity index (χ4v) is 5.71. The van der Waals surface area contributed by atoms with E-state index in [1.807, 2.05) is 0 Å². The van der Waals surface area contributed by atoms with E-state index in [9.17, 15) is 5.11 Å². The third-order valence-electron chi connectivity index (χ3n) is 6.73. The summed E-state index contributed by atoms with van der Waals surface area (Å²) in [7, 11) is 2.23. The fraction of sp³-hybridized carbons (Fsp3) is 0.500. The highest BCUT2D eigenvalue weighted by Gasteiger charge is 2.52. The lowest BCUT2D eigenvalue weighted by Gasteiger charge is -2.58. The van der Waals surface area contributed by atoms with Gasteiger partial charge in [-0.05, 0) is 37.3 Å². The Balaban J connectivity index is 1.72. The summed E-state index contributed by atoms with van der Waals surface area (Å²) >= 11 is 0. The largest absolute Gasteiger partial charge is 0.396 e. The molecule has 120 valence electrons. The maximum absolute atomic E-state index is 10.0. The van der Waals surface area contributed by atoms with Crippen LogP contribution in [0.4, 0.5) is 0 Å². The minimum absolute atomic E-state index is 0.315. The fourth-order valence-electron chi connectivity index (χ4n) is 5.71. The highest BCUT2D eigenvalue weighted by molar-refractivity contribution is 5.86. The number of hydrogen-bond donors (Lipinski definition) is 1. The Morgan fingerprint density at radius 1 is 1.30 bits per heavy atom. The molecule has 5 atom stereocenters. The third-order valence-corrected chi connectivity index (χ3v) is 6.73. The lowest BCUT2D eigenvalue weighted by atomic mass is 9.64. The summed E-state index contributed by atoms with van der Waals surface area (Å²) in [5, 5.41) is 11.5. The molecule has 1 N–H and O–H groups in total. The summed E-state index contributed by atoms with van der Waals surface area (Å²) in [6, 6.07) is 9.84. The van der Waals surface area contributed by atoms with Gasteiger partial charge in [0.15, 0.2) is 0 Å². The highest BCUT2D eigenvalue weighted by Crippen LogP contribution is 2.54. The van der Waals surface area contributed by atoms with Crippen molar-refractivity contribution in [3.63, 3.8) is 0 Å². The molecule has 0 spiro atoms. The van der Waals surface area contributed by atoms with Crippen molar-refractivity contribution in [2.75, 3.05) is 13.2 Å². The van der Waals surface area contributed by atoms with Gasteiger partial charge < -0.3 is 9.67 Å². The monoisotopic (exact) mass is 308 g/mol. The second-order valence-electron chi connectivity index (χ2n) is 7.45. The number of aliphatic hydroxyl groups excluding tert-OH is 1. The van der Waals surface area contributed by atoms with Gasteiger partial charge in [0.1, 0.15) is 0 Å². The van der Waals surface area contributed by atoms with E-state index < -0.39 is 0 Å². The first kappa shape index (κ1) is 13.8. The van der Waals surface area contributed by atoms with Crippen molar-refractivity contribution in [1.82, 2.24) is 9.47 Å². The van der Waals surface area contributed by atoms with Gasteiger partial charge >= 0.3 is 0 Å². The first-order chi connectivity index (χ1) is 11.2. The molecule has 3 saturated heterocycles. The normalized spacial score (nSPS) is 36.7. The van der Waals surface area contributed by atoms with Gasteiger partial charge in [0.25, 0.3) is 0 Å². The third kappa shape index (κ3) is 1.62. The van der Waals surface area contributed by atoms with Crippen LogP contribution in [0.1, 0.15) is 30.6 Å². The van der Waals surface area contributed by atoms with Crippen LogP contribution in [0.3, 0.4) is 0 Å². The van der Waals surface area contributed by atoms with Crippen molar-refractivity contribution in [3.8, 4) is 0 Å². The molecule has 3 nitrogen and oxygen atoms in total. The quantitative estimate of drug-likeness (QED) is 0.820. The van der Waals surface area contributed by atoms with Crippen LogP contribution in [0.2, 0.25) is 0 Å². The molecule has 2 aromatic rings. The number of rotatable bonds is 1. The van der Waals surface area contributed by atoms with Gasteiger partial charge in [0.05, 0.1) is 6.04 Å². The average Bonchev–Trinajstić information content (AvgIpc) is 2.87. The molecule has 1 aromatic carbocycles. The second kappa shape index (κ2) is 4.71. The minimum Gasteiger partial charge on any atom is -0.396 e. The topological polar surface area (TPSA) is 28.4 Å². The maximum Gasteiger partial charge on any atom is 0.0515 e. The van der Waals surface area contributed by atoms with E-state index in [2.05, 4.69) is 53.8 Å². The molecule has 0 aliphatic carbocycles. The van der Waals surface area contributed by atoms with Crippen LogP contribution < -0.4 is 0 Å². The summed E-state index contributed by atoms with van der Waals surface area (Å²) < 4.78 is 2.43. The van der Waals surface area contributed by atoms with Gasteiger partial charge in [0, 0.05) is 48.8 Å². The van der Waals surface area contributed by atoms with Gasteiger partial charge in [0.2, 0.25) is 0 Å². The Morgan fingerprint density at radius 3 is 2.91 bits per heavy atom. The molecular formula is C20H24N2O. The first-order valence-corrected chi connectivity index (χ1v) is 8.82. The Bertz CT molecular complexity index is 818. The summed E-state index contributed by atoms with van der Waals surface area (Å²) in [4.78, 5) is 2.68. The molecule has 4 bridgehead atoms. The van der Waals surface area contributed by atoms with E-state index in [4.69, 9.17) is 0 Å². The van der Waals surface area contributed by atoms with Crippen molar-refractivity contribution < 1.29 is 5.11 Å². The zero-order valence-electron chi connectivity index (χ0n) is 13.9. The van der Waals surface area contributed by atoms with Gasteiger partial charge in [-0.2, -0.15) is 0 Å². The van der Waals surface area contributed by atoms with Crippen molar-refractivity contribution in [2.45, 2.75) is 31.8 Å². The van der Waals surface area contributed by atoms with Crippen LogP contribution in [-0.4, -0.2) is 33.8 Å². The number of para-hydroxylation sites is 1. The standard InChI is InChI=1S/C20H24N2O/c1-3-12-10-22-18-9-15-13-6-4-5-7-17(13)21(2)20(15)19(22)8-14(12)16(18)11-23/h3-7,14,16,18-19,23H,8-11H2,1-2H3/b12-3-/t14?,16-,18+,19+/m1/s1. The number of allylic oxidation sites excluding steroid dienone is 1. The Morgan fingerprint density at radius 2 is 2.13 bits per heavy atom. The predicted octanol–water partition coefficient (Wildman–Crippen LogP) is 3.03. The van der Waals surface area contributed by atoms with Crippen molar-refractivity contribution in [3.05, 3.63) is 47.2 Å². The molecule has 5 heterocycles. The number of nitrogens with zero attached hydrogens (tertiary/aromatic N) is 2. The highest BCUT2D eigenvalue weighted by atomic mass is 16.3. The molecule has 3 heteroatoms. The molecule has 3 fully saturated rings. The maximum atomic E-state index is 10.0. The summed E-state index contributed by atoms with van der Waals surface area (Å²) in [5.41, 5.74) is 5.96. The van der Waals surface area contributed by atoms with Gasteiger partial charge in [-0.15, -0.1) is 0 Å². The average molecular weight is 308 g/mol. The lowest BCUT2D eigenvalue weighted by molar-refractivity contribution is -0.0513. The molecule has 0 saturated carbocycles. The zero-order valence-corrected chi connectivity index (χ0v) is 13.9. The number of piperidine rings is 3. The number of aromatic nitrogens is 1. The van der Waals surface area contributed by atoms with Gasteiger partial charge in [-0.25, -0.2) is 0 Å². The Labute approximate surface area is 137 Å². The lowest BCUT2D eigenvalue weighted by Crippen LogP contribution is -2.61. The van der Waals surface area contributed by atoms with E-state index in [-0.39, 0.29) is 0 Å². The molecule has 0 amide bonds. The summed E-state index contributed by atoms with van der Waals surface area (Å²) in [6.07, 6.45) is 4.54. The number of aliphatic hydroxyl groups is 1. The van der Waals surface area contributed by atoms with Crippen LogP contribution in [0, 0.1) is 11.8 Å². The smallest absolute Gasteiger partial charge is 0.0515 e. The first-order valence-electron chi connectivity index (χ1n) is 8.82. The predicted molar refractivity (Wildman–Crippen MR) is 92.3 cm³/mol. The molecule has 4 aliphatic heterocycles. The number of fused-ring (bicyclic) bond motifs is 4.